The van der Waals surface area contributed by atoms with Crippen molar-refractivity contribution in [2.45, 2.75) is 83.8 Å². The third-order valence-corrected chi connectivity index (χ3v) is 5.59. The highest BCUT2D eigenvalue weighted by molar-refractivity contribution is 5.91. The van der Waals surface area contributed by atoms with E-state index in [1.165, 1.54) is 38.5 Å². The van der Waals surface area contributed by atoms with E-state index in [2.05, 4.69) is 11.8 Å². The molecule has 0 bridgehead atoms. The molecule has 1 heterocycles. The second kappa shape index (κ2) is 9.29. The Morgan fingerprint density at radius 1 is 1.12 bits per heavy atom. The molecule has 144 valence electrons. The zero-order valence-electron chi connectivity index (χ0n) is 16.3. The van der Waals surface area contributed by atoms with Crippen molar-refractivity contribution in [1.82, 2.24) is 0 Å². The predicted octanol–water partition coefficient (Wildman–Crippen LogP) is 5.34. The third-order valence-electron chi connectivity index (χ3n) is 5.59. The van der Waals surface area contributed by atoms with E-state index in [-0.39, 0.29) is 5.97 Å². The van der Waals surface area contributed by atoms with E-state index in [0.717, 1.165) is 37.2 Å². The van der Waals surface area contributed by atoms with Gasteiger partial charge in [0.05, 0.1) is 24.0 Å². The summed E-state index contributed by atoms with van der Waals surface area (Å²) < 4.78 is 11.7. The molecule has 1 aliphatic heterocycles. The molecule has 2 fully saturated rings. The summed E-state index contributed by atoms with van der Waals surface area (Å²) >= 11 is 0. The minimum atomic E-state index is -0.234. The van der Waals surface area contributed by atoms with E-state index in [0.29, 0.717) is 24.3 Å². The first kappa shape index (κ1) is 19.1. The van der Waals surface area contributed by atoms with Crippen LogP contribution in [-0.4, -0.2) is 31.3 Å². The largest absolute Gasteiger partial charge is 0.488 e. The van der Waals surface area contributed by atoms with Crippen molar-refractivity contribution in [1.29, 1.82) is 0 Å². The van der Waals surface area contributed by atoms with E-state index in [1.54, 1.807) is 0 Å². The summed E-state index contributed by atoms with van der Waals surface area (Å²) in [5, 5.41) is 0. The normalized spacial score (nSPS) is 21.5. The molecule has 0 radical (unpaired) electrons. The molecular formula is C22H33NO3. The lowest BCUT2D eigenvalue weighted by molar-refractivity contribution is 0.0505. The zero-order chi connectivity index (χ0) is 18.4. The second-order valence-corrected chi connectivity index (χ2v) is 7.73. The van der Waals surface area contributed by atoms with Gasteiger partial charge in [0.25, 0.3) is 0 Å². The number of piperidine rings is 1. The molecule has 1 saturated carbocycles. The summed E-state index contributed by atoms with van der Waals surface area (Å²) in [6, 6.07) is 6.29. The lowest BCUT2D eigenvalue weighted by atomic mass is 9.97. The highest BCUT2D eigenvalue weighted by Crippen LogP contribution is 2.36. The summed E-state index contributed by atoms with van der Waals surface area (Å²) in [6.45, 7) is 5.77. The van der Waals surface area contributed by atoms with Gasteiger partial charge in [0.2, 0.25) is 0 Å². The number of anilines is 1. The Morgan fingerprint density at radius 3 is 2.62 bits per heavy atom. The first-order valence-electron chi connectivity index (χ1n) is 10.4. The Balaban J connectivity index is 1.85. The number of hydrogen-bond donors (Lipinski definition) is 0. The summed E-state index contributed by atoms with van der Waals surface area (Å²) in [5.74, 6) is 0.694. The van der Waals surface area contributed by atoms with Gasteiger partial charge in [-0.15, -0.1) is 0 Å². The van der Waals surface area contributed by atoms with Gasteiger partial charge >= 0.3 is 5.97 Å². The number of rotatable bonds is 6. The maximum absolute atomic E-state index is 12.3. The fourth-order valence-electron chi connectivity index (χ4n) is 4.07. The molecule has 2 aliphatic rings. The quantitative estimate of drug-likeness (QED) is 0.642. The van der Waals surface area contributed by atoms with Gasteiger partial charge in [-0.25, -0.2) is 4.79 Å². The van der Waals surface area contributed by atoms with Gasteiger partial charge in [0, 0.05) is 12.6 Å². The summed E-state index contributed by atoms with van der Waals surface area (Å²) in [5.41, 5.74) is 1.69. The predicted molar refractivity (Wildman–Crippen MR) is 105 cm³/mol. The molecule has 1 aliphatic carbocycles. The number of carbonyl (C=O) groups excluding carboxylic acids is 1. The Hall–Kier alpha value is -1.71. The first-order chi connectivity index (χ1) is 12.7. The van der Waals surface area contributed by atoms with Crippen molar-refractivity contribution in [3.05, 3.63) is 23.8 Å². The Kier molecular flexibility index (Phi) is 6.81. The molecule has 26 heavy (non-hydrogen) atoms. The summed E-state index contributed by atoms with van der Waals surface area (Å²) in [6.07, 6.45) is 10.9. The minimum absolute atomic E-state index is 0.234. The van der Waals surface area contributed by atoms with Crippen LogP contribution in [0.5, 0.6) is 5.75 Å². The molecule has 1 aromatic rings. The molecule has 1 unspecified atom stereocenters. The van der Waals surface area contributed by atoms with Crippen molar-refractivity contribution in [3.8, 4) is 5.75 Å². The van der Waals surface area contributed by atoms with Crippen molar-refractivity contribution in [2.75, 3.05) is 18.1 Å². The van der Waals surface area contributed by atoms with Crippen LogP contribution in [0.1, 0.15) is 82.0 Å². The minimum Gasteiger partial charge on any atom is -0.488 e. The molecule has 0 aromatic heterocycles. The molecule has 0 amide bonds. The summed E-state index contributed by atoms with van der Waals surface area (Å²) in [7, 11) is 0. The van der Waals surface area contributed by atoms with E-state index >= 15 is 0 Å². The fraction of sp³-hybridized carbons (Fsp3) is 0.682. The van der Waals surface area contributed by atoms with Gasteiger partial charge in [-0.2, -0.15) is 0 Å². The van der Waals surface area contributed by atoms with Crippen LogP contribution in [0.15, 0.2) is 18.2 Å². The van der Waals surface area contributed by atoms with Crippen LogP contribution in [0.4, 0.5) is 5.69 Å². The van der Waals surface area contributed by atoms with E-state index < -0.39 is 0 Å². The molecule has 3 rings (SSSR count). The van der Waals surface area contributed by atoms with E-state index in [1.807, 2.05) is 25.1 Å². The smallest absolute Gasteiger partial charge is 0.338 e. The fourth-order valence-corrected chi connectivity index (χ4v) is 4.07. The molecule has 4 heteroatoms. The van der Waals surface area contributed by atoms with Gasteiger partial charge in [-0.1, -0.05) is 13.3 Å². The van der Waals surface area contributed by atoms with Crippen LogP contribution in [0.25, 0.3) is 0 Å². The van der Waals surface area contributed by atoms with Gasteiger partial charge in [-0.05, 0) is 76.5 Å². The van der Waals surface area contributed by atoms with Crippen molar-refractivity contribution < 1.29 is 14.3 Å². The van der Waals surface area contributed by atoms with Crippen molar-refractivity contribution in [2.24, 2.45) is 0 Å². The van der Waals surface area contributed by atoms with E-state index in [9.17, 15) is 4.79 Å². The van der Waals surface area contributed by atoms with Crippen LogP contribution in [0.2, 0.25) is 0 Å². The third kappa shape index (κ3) is 4.72. The number of nitrogens with zero attached hydrogens (tertiary/aromatic N) is 1. The highest BCUT2D eigenvalue weighted by Gasteiger charge is 2.25. The molecule has 4 nitrogen and oxygen atoms in total. The molecule has 1 saturated heterocycles. The SMILES string of the molecule is CCCOC(=O)c1ccc(OC2CCCCC2)c(N2CCCCC2C)c1. The van der Waals surface area contributed by atoms with E-state index in [4.69, 9.17) is 9.47 Å². The van der Waals surface area contributed by atoms with Crippen LogP contribution < -0.4 is 9.64 Å². The Labute approximate surface area is 157 Å². The maximum atomic E-state index is 12.3. The van der Waals surface area contributed by atoms with Gasteiger partial charge in [0.1, 0.15) is 5.75 Å². The zero-order valence-corrected chi connectivity index (χ0v) is 16.3. The highest BCUT2D eigenvalue weighted by atomic mass is 16.5. The summed E-state index contributed by atoms with van der Waals surface area (Å²) in [4.78, 5) is 14.8. The number of ether oxygens (including phenoxy) is 2. The van der Waals surface area contributed by atoms with Crippen LogP contribution >= 0.6 is 0 Å². The second-order valence-electron chi connectivity index (χ2n) is 7.73. The lowest BCUT2D eigenvalue weighted by Crippen LogP contribution is -2.38. The van der Waals surface area contributed by atoms with Gasteiger partial charge < -0.3 is 14.4 Å². The topological polar surface area (TPSA) is 38.8 Å². The molecule has 1 atom stereocenters. The number of hydrogen-bond acceptors (Lipinski definition) is 4. The van der Waals surface area contributed by atoms with Crippen LogP contribution in [0, 0.1) is 0 Å². The number of benzene rings is 1. The standard InChI is InChI=1S/C22H33NO3/c1-3-15-25-22(24)18-12-13-21(26-19-10-5-4-6-11-19)20(16-18)23-14-8-7-9-17(23)2/h12-13,16-17,19H,3-11,14-15H2,1-2H3. The molecular weight excluding hydrogens is 326 g/mol. The monoisotopic (exact) mass is 359 g/mol. The average Bonchev–Trinajstić information content (AvgIpc) is 2.68. The van der Waals surface area contributed by atoms with Crippen molar-refractivity contribution >= 4 is 11.7 Å². The maximum Gasteiger partial charge on any atom is 0.338 e. The molecule has 1 aromatic carbocycles. The Morgan fingerprint density at radius 2 is 1.88 bits per heavy atom. The lowest BCUT2D eigenvalue weighted by Gasteiger charge is -2.37. The average molecular weight is 360 g/mol. The van der Waals surface area contributed by atoms with Crippen LogP contribution in [-0.2, 0) is 4.74 Å². The van der Waals surface area contributed by atoms with Gasteiger partial charge in [0.15, 0.2) is 0 Å². The first-order valence-corrected chi connectivity index (χ1v) is 10.4. The Bertz CT molecular complexity index is 595. The van der Waals surface area contributed by atoms with Crippen LogP contribution in [0.3, 0.4) is 0 Å². The van der Waals surface area contributed by atoms with Crippen molar-refractivity contribution in [3.63, 3.8) is 0 Å². The number of carbonyl (C=O) groups is 1. The molecule has 0 spiro atoms. The molecule has 0 N–H and O–H groups in total. The number of esters is 1. The van der Waals surface area contributed by atoms with Gasteiger partial charge in [-0.3, -0.25) is 0 Å².